The number of fused-ring (bicyclic) bond motifs is 3. The molecule has 0 saturated carbocycles. The van der Waals surface area contributed by atoms with Crippen LogP contribution in [0.15, 0.2) is 36.4 Å². The fourth-order valence-electron chi connectivity index (χ4n) is 2.47. The number of unbranched alkanes of at least 4 members (excludes halogenated alkanes) is 2. The Hall–Kier alpha value is -1.56. The van der Waals surface area contributed by atoms with Crippen LogP contribution in [0.5, 0.6) is 0 Å². The van der Waals surface area contributed by atoms with Gasteiger partial charge in [0.2, 0.25) is 0 Å². The van der Waals surface area contributed by atoms with Gasteiger partial charge in [0, 0.05) is 0 Å². The normalized spacial score (nSPS) is 9.69. The Morgan fingerprint density at radius 1 is 0.615 bits per heavy atom. The molecule has 0 N–H and O–H groups in total. The van der Waals surface area contributed by atoms with Crippen LogP contribution in [0.25, 0.3) is 11.1 Å². The van der Waals surface area contributed by atoms with Gasteiger partial charge < -0.3 is 0 Å². The van der Waals surface area contributed by atoms with Crippen LogP contribution in [-0.4, -0.2) is 0 Å². The van der Waals surface area contributed by atoms with Gasteiger partial charge in [-0.25, -0.2) is 0 Å². The summed E-state index contributed by atoms with van der Waals surface area (Å²) < 4.78 is 0. The zero-order valence-electron chi connectivity index (χ0n) is 18.0. The van der Waals surface area contributed by atoms with Gasteiger partial charge in [0.15, 0.2) is 0 Å². The predicted molar refractivity (Wildman–Crippen MR) is 123 cm³/mol. The second-order valence-corrected chi connectivity index (χ2v) is 6.50. The van der Waals surface area contributed by atoms with E-state index < -0.39 is 0 Å². The molecule has 3 rings (SSSR count). The van der Waals surface area contributed by atoms with Gasteiger partial charge in [-0.2, -0.15) is 0 Å². The molecule has 0 spiro atoms. The molecule has 0 aliphatic heterocycles. The topological polar surface area (TPSA) is 0 Å². The molecule has 0 unspecified atom stereocenters. The van der Waals surface area contributed by atoms with E-state index in [4.69, 9.17) is 0 Å². The van der Waals surface area contributed by atoms with Crippen molar-refractivity contribution in [2.75, 3.05) is 0 Å². The number of hydrogen-bond acceptors (Lipinski definition) is 0. The average Bonchev–Trinajstić information content (AvgIpc) is 3.00. The lowest BCUT2D eigenvalue weighted by Gasteiger charge is -2.01. The molecule has 148 valence electrons. The molecule has 0 amide bonds. The Morgan fingerprint density at radius 2 is 0.923 bits per heavy atom. The van der Waals surface area contributed by atoms with E-state index in [9.17, 15) is 0 Å². The van der Waals surface area contributed by atoms with Crippen molar-refractivity contribution < 1.29 is 0 Å². The van der Waals surface area contributed by atoms with Crippen LogP contribution < -0.4 is 0 Å². The van der Waals surface area contributed by atoms with Crippen molar-refractivity contribution in [2.24, 2.45) is 0 Å². The summed E-state index contributed by atoms with van der Waals surface area (Å²) in [7, 11) is 0. The van der Waals surface area contributed by atoms with Crippen LogP contribution >= 0.6 is 0 Å². The van der Waals surface area contributed by atoms with Crippen molar-refractivity contribution in [3.63, 3.8) is 0 Å². The molecule has 2 aromatic carbocycles. The molecule has 0 bridgehead atoms. The minimum Gasteiger partial charge on any atom is -0.0776 e. The van der Waals surface area contributed by atoms with Crippen molar-refractivity contribution in [1.82, 2.24) is 0 Å². The first-order valence-corrected chi connectivity index (χ1v) is 10.3. The molecule has 0 fully saturated rings. The first-order valence-electron chi connectivity index (χ1n) is 10.3. The van der Waals surface area contributed by atoms with Gasteiger partial charge in [-0.3, -0.25) is 0 Å². The molecule has 0 heterocycles. The Morgan fingerprint density at radius 3 is 1.19 bits per heavy atom. The maximum atomic E-state index is 2.31. The second-order valence-electron chi connectivity index (χ2n) is 6.50. The standard InChI is InChI=1S/C15H14.2C4H10.C2H6.CH4/c1-10-3-5-14-12(7-10)9-13-8-11(2)4-6-15(13)14;2*1-3-4-2;1-2;/h3-8H,9H2,1-2H3;2*3-4H2,1-2H3;1-2H3;1H4. The lowest BCUT2D eigenvalue weighted by Crippen LogP contribution is -1.81. The largest absolute Gasteiger partial charge is 0.0776 e. The van der Waals surface area contributed by atoms with Crippen molar-refractivity contribution in [2.45, 2.75) is 94.9 Å². The highest BCUT2D eigenvalue weighted by molar-refractivity contribution is 5.77. The molecule has 2 aromatic rings. The van der Waals surface area contributed by atoms with E-state index in [0.717, 1.165) is 6.42 Å². The smallest absolute Gasteiger partial charge is 0.00133 e. The Bertz CT molecular complexity index is 535. The summed E-state index contributed by atoms with van der Waals surface area (Å²) in [5.74, 6) is 0. The van der Waals surface area contributed by atoms with Gasteiger partial charge in [-0.15, -0.1) is 0 Å². The molecular formula is C26H44. The first kappa shape index (κ1) is 26.7. The van der Waals surface area contributed by atoms with E-state index in [0.29, 0.717) is 0 Å². The summed E-state index contributed by atoms with van der Waals surface area (Å²) in [6, 6.07) is 13.5. The third-order valence-electron chi connectivity index (χ3n) is 4.19. The molecule has 0 aromatic heterocycles. The molecule has 0 saturated heterocycles. The molecule has 0 nitrogen and oxygen atoms in total. The molecule has 1 aliphatic rings. The lowest BCUT2D eigenvalue weighted by atomic mass is 10.0. The van der Waals surface area contributed by atoms with Crippen LogP contribution in [-0.2, 0) is 6.42 Å². The van der Waals surface area contributed by atoms with Crippen LogP contribution in [0.2, 0.25) is 0 Å². The monoisotopic (exact) mass is 356 g/mol. The third kappa shape index (κ3) is 8.70. The second kappa shape index (κ2) is 15.7. The van der Waals surface area contributed by atoms with Crippen molar-refractivity contribution in [3.8, 4) is 11.1 Å². The average molecular weight is 357 g/mol. The Balaban J connectivity index is 0. The van der Waals surface area contributed by atoms with Crippen molar-refractivity contribution in [1.29, 1.82) is 0 Å². The molecule has 26 heavy (non-hydrogen) atoms. The minimum atomic E-state index is 0. The van der Waals surface area contributed by atoms with E-state index in [1.165, 1.54) is 59.1 Å². The lowest BCUT2D eigenvalue weighted by molar-refractivity contribution is 0.886. The molecule has 1 aliphatic carbocycles. The highest BCUT2D eigenvalue weighted by Gasteiger charge is 2.17. The number of aryl methyl sites for hydroxylation is 2. The summed E-state index contributed by atoms with van der Waals surface area (Å²) in [6.45, 7) is 17.0. The van der Waals surface area contributed by atoms with Gasteiger partial charge in [0.25, 0.3) is 0 Å². The fourth-order valence-corrected chi connectivity index (χ4v) is 2.47. The summed E-state index contributed by atoms with van der Waals surface area (Å²) in [4.78, 5) is 0. The van der Waals surface area contributed by atoms with Gasteiger partial charge in [0.1, 0.15) is 0 Å². The van der Waals surface area contributed by atoms with Crippen LogP contribution in [0.4, 0.5) is 0 Å². The zero-order valence-corrected chi connectivity index (χ0v) is 18.0. The summed E-state index contributed by atoms with van der Waals surface area (Å²) in [5, 5.41) is 0. The molecular weight excluding hydrogens is 312 g/mol. The Labute approximate surface area is 165 Å². The Kier molecular flexibility index (Phi) is 16.1. The minimum absolute atomic E-state index is 0. The number of hydrogen-bond donors (Lipinski definition) is 0. The van der Waals surface area contributed by atoms with E-state index in [1.54, 1.807) is 0 Å². The van der Waals surface area contributed by atoms with Gasteiger partial charge >= 0.3 is 0 Å². The number of benzene rings is 2. The molecule has 0 heteroatoms. The fraction of sp³-hybridized carbons (Fsp3) is 0.538. The van der Waals surface area contributed by atoms with E-state index in [1.807, 2.05) is 13.8 Å². The predicted octanol–water partition coefficient (Wildman–Crippen LogP) is 9.15. The van der Waals surface area contributed by atoms with Crippen molar-refractivity contribution in [3.05, 3.63) is 58.7 Å². The summed E-state index contributed by atoms with van der Waals surface area (Å²) >= 11 is 0. The van der Waals surface area contributed by atoms with E-state index >= 15 is 0 Å². The maximum absolute atomic E-state index is 2.31. The van der Waals surface area contributed by atoms with Crippen LogP contribution in [0, 0.1) is 13.8 Å². The van der Waals surface area contributed by atoms with E-state index in [2.05, 4.69) is 77.9 Å². The van der Waals surface area contributed by atoms with Gasteiger partial charge in [-0.1, -0.05) is 122 Å². The number of rotatable bonds is 2. The molecule has 0 radical (unpaired) electrons. The van der Waals surface area contributed by atoms with Gasteiger partial charge in [0.05, 0.1) is 0 Å². The van der Waals surface area contributed by atoms with Crippen LogP contribution in [0.3, 0.4) is 0 Å². The van der Waals surface area contributed by atoms with E-state index in [-0.39, 0.29) is 7.43 Å². The third-order valence-corrected chi connectivity index (χ3v) is 4.19. The van der Waals surface area contributed by atoms with Gasteiger partial charge in [-0.05, 0) is 42.5 Å². The highest BCUT2D eigenvalue weighted by Crippen LogP contribution is 2.37. The van der Waals surface area contributed by atoms with Crippen LogP contribution in [0.1, 0.15) is 96.9 Å². The summed E-state index contributed by atoms with van der Waals surface area (Å²) in [6.07, 6.45) is 6.38. The molecule has 0 atom stereocenters. The van der Waals surface area contributed by atoms with Crippen molar-refractivity contribution >= 4 is 0 Å². The SMILES string of the molecule is C.CC.CCCC.CCCC.Cc1ccc2c(c1)Cc1cc(C)ccc1-2. The quantitative estimate of drug-likeness (QED) is 0.429. The summed E-state index contributed by atoms with van der Waals surface area (Å²) in [5.41, 5.74) is 8.54. The highest BCUT2D eigenvalue weighted by atomic mass is 14.2. The zero-order chi connectivity index (χ0) is 19.2. The first-order chi connectivity index (χ1) is 12.1. The maximum Gasteiger partial charge on any atom is -0.00133 e.